The molecule has 1 aromatic carbocycles. The highest BCUT2D eigenvalue weighted by molar-refractivity contribution is 6.32. The molecule has 0 amide bonds. The summed E-state index contributed by atoms with van der Waals surface area (Å²) in [4.78, 5) is 10.8. The topological polar surface area (TPSA) is 26.3 Å². The quantitative estimate of drug-likeness (QED) is 0.609. The number of hydrogen-bond acceptors (Lipinski definition) is 2. The Hall–Kier alpha value is -1.44. The Kier molecular flexibility index (Phi) is 3.80. The van der Waals surface area contributed by atoms with Crippen molar-refractivity contribution in [3.8, 4) is 5.75 Å². The van der Waals surface area contributed by atoms with E-state index in [1.165, 1.54) is 0 Å². The van der Waals surface area contributed by atoms with E-state index in [1.54, 1.807) is 0 Å². The second-order valence-electron chi connectivity index (χ2n) is 3.02. The fourth-order valence-corrected chi connectivity index (χ4v) is 1.23. The van der Waals surface area contributed by atoms with Crippen LogP contribution in [0.25, 0.3) is 0 Å². The third kappa shape index (κ3) is 3.80. The Balaban J connectivity index is 3.04. The average Bonchev–Trinajstić information content (AvgIpc) is 2.16. The van der Waals surface area contributed by atoms with E-state index in [0.717, 1.165) is 0 Å². The number of rotatable bonds is 2. The molecule has 0 aromatic heterocycles. The molecule has 0 aliphatic heterocycles. The molecular formula is C9H3ClF6O2. The Labute approximate surface area is 101 Å². The van der Waals surface area contributed by atoms with Gasteiger partial charge in [0.2, 0.25) is 0 Å². The smallest absolute Gasteiger partial charge is 0.404 e. The monoisotopic (exact) mass is 292 g/mol. The van der Waals surface area contributed by atoms with Gasteiger partial charge >= 0.3 is 12.5 Å². The fraction of sp³-hybridized carbons (Fsp3) is 0.222. The summed E-state index contributed by atoms with van der Waals surface area (Å²) in [6, 6.07) is 1.54. The zero-order valence-corrected chi connectivity index (χ0v) is 8.95. The van der Waals surface area contributed by atoms with Crippen LogP contribution in [0, 0.1) is 0 Å². The Morgan fingerprint density at radius 1 is 1.11 bits per heavy atom. The maximum atomic E-state index is 12.0. The predicted molar refractivity (Wildman–Crippen MR) is 48.5 cm³/mol. The number of ketones is 1. The Bertz CT molecular complexity index is 465. The molecule has 9 heteroatoms. The van der Waals surface area contributed by atoms with Gasteiger partial charge in [-0.2, -0.15) is 13.2 Å². The molecule has 0 aliphatic carbocycles. The number of ether oxygens (including phenoxy) is 1. The Morgan fingerprint density at radius 2 is 1.67 bits per heavy atom. The SMILES string of the molecule is O=C(c1ccc(OC(F)(F)F)c(Cl)c1)C(F)(F)F. The van der Waals surface area contributed by atoms with Gasteiger partial charge in [-0.05, 0) is 18.2 Å². The largest absolute Gasteiger partial charge is 0.573 e. The summed E-state index contributed by atoms with van der Waals surface area (Å²) >= 11 is 5.29. The zero-order valence-electron chi connectivity index (χ0n) is 8.19. The standard InChI is InChI=1S/C9H3ClF6O2/c10-5-3-4(7(17)8(11,12)13)1-2-6(5)18-9(14,15)16/h1-3H. The molecule has 0 atom stereocenters. The summed E-state index contributed by atoms with van der Waals surface area (Å²) in [5, 5.41) is -0.748. The van der Waals surface area contributed by atoms with Crippen molar-refractivity contribution in [2.24, 2.45) is 0 Å². The number of benzene rings is 1. The Morgan fingerprint density at radius 3 is 2.06 bits per heavy atom. The van der Waals surface area contributed by atoms with Crippen molar-refractivity contribution >= 4 is 17.4 Å². The fourth-order valence-electron chi connectivity index (χ4n) is 1.01. The van der Waals surface area contributed by atoms with E-state index in [4.69, 9.17) is 11.6 Å². The van der Waals surface area contributed by atoms with Gasteiger partial charge in [-0.3, -0.25) is 4.79 Å². The molecule has 0 aliphatic rings. The molecular weight excluding hydrogens is 290 g/mol. The van der Waals surface area contributed by atoms with Crippen LogP contribution < -0.4 is 4.74 Å². The van der Waals surface area contributed by atoms with Gasteiger partial charge < -0.3 is 4.74 Å². The summed E-state index contributed by atoms with van der Waals surface area (Å²) in [5.74, 6) is -3.09. The lowest BCUT2D eigenvalue weighted by molar-refractivity contribution is -0.274. The minimum Gasteiger partial charge on any atom is -0.404 e. The highest BCUT2D eigenvalue weighted by Gasteiger charge is 2.39. The first-order valence-corrected chi connectivity index (χ1v) is 4.55. The van der Waals surface area contributed by atoms with Crippen LogP contribution in [0.3, 0.4) is 0 Å². The highest BCUT2D eigenvalue weighted by atomic mass is 35.5. The van der Waals surface area contributed by atoms with Gasteiger partial charge in [0, 0.05) is 5.56 Å². The van der Waals surface area contributed by atoms with Crippen LogP contribution in [0.2, 0.25) is 5.02 Å². The molecule has 0 N–H and O–H groups in total. The number of carbonyl (C=O) groups excluding carboxylic acids is 1. The predicted octanol–water partition coefficient (Wildman–Crippen LogP) is 3.98. The van der Waals surface area contributed by atoms with Crippen LogP contribution in [-0.2, 0) is 0 Å². The molecule has 0 radical (unpaired) electrons. The summed E-state index contributed by atoms with van der Waals surface area (Å²) in [5.41, 5.74) is -0.873. The molecule has 0 fully saturated rings. The van der Waals surface area contributed by atoms with Crippen LogP contribution in [0.1, 0.15) is 10.4 Å². The molecule has 100 valence electrons. The van der Waals surface area contributed by atoms with E-state index in [0.29, 0.717) is 18.2 Å². The van der Waals surface area contributed by atoms with E-state index in [-0.39, 0.29) is 0 Å². The molecule has 0 spiro atoms. The van der Waals surface area contributed by atoms with Crippen LogP contribution >= 0.6 is 11.6 Å². The van der Waals surface area contributed by atoms with Crippen molar-refractivity contribution in [1.82, 2.24) is 0 Å². The van der Waals surface area contributed by atoms with Crippen molar-refractivity contribution in [2.45, 2.75) is 12.5 Å². The molecule has 18 heavy (non-hydrogen) atoms. The van der Waals surface area contributed by atoms with Gasteiger partial charge in [-0.15, -0.1) is 13.2 Å². The molecule has 0 unspecified atom stereocenters. The summed E-state index contributed by atoms with van der Waals surface area (Å²) in [7, 11) is 0. The van der Waals surface area contributed by atoms with Crippen molar-refractivity contribution < 1.29 is 35.9 Å². The van der Waals surface area contributed by atoms with Gasteiger partial charge in [0.15, 0.2) is 0 Å². The minimum absolute atomic E-state index is 0.457. The number of alkyl halides is 6. The van der Waals surface area contributed by atoms with Crippen LogP contribution in [0.15, 0.2) is 18.2 Å². The maximum Gasteiger partial charge on any atom is 0.573 e. The third-order valence-corrected chi connectivity index (χ3v) is 1.97. The first-order chi connectivity index (χ1) is 8.00. The average molecular weight is 293 g/mol. The van der Waals surface area contributed by atoms with Gasteiger partial charge in [0.05, 0.1) is 5.02 Å². The van der Waals surface area contributed by atoms with Crippen LogP contribution in [0.4, 0.5) is 26.3 Å². The van der Waals surface area contributed by atoms with Gasteiger partial charge in [-0.1, -0.05) is 11.6 Å². The van der Waals surface area contributed by atoms with E-state index >= 15 is 0 Å². The lowest BCUT2D eigenvalue weighted by atomic mass is 10.1. The lowest BCUT2D eigenvalue weighted by Crippen LogP contribution is -2.23. The van der Waals surface area contributed by atoms with Crippen molar-refractivity contribution in [2.75, 3.05) is 0 Å². The maximum absolute atomic E-state index is 12.0. The number of carbonyl (C=O) groups is 1. The van der Waals surface area contributed by atoms with Crippen LogP contribution in [0.5, 0.6) is 5.75 Å². The molecule has 1 rings (SSSR count). The minimum atomic E-state index is -5.13. The van der Waals surface area contributed by atoms with Crippen molar-refractivity contribution in [3.05, 3.63) is 28.8 Å². The molecule has 0 bridgehead atoms. The number of hydrogen-bond donors (Lipinski definition) is 0. The number of Topliss-reactive ketones (excluding diaryl/α,β-unsaturated/α-hetero) is 1. The van der Waals surface area contributed by atoms with Gasteiger partial charge in [0.1, 0.15) is 5.75 Å². The zero-order chi connectivity index (χ0) is 14.1. The van der Waals surface area contributed by atoms with E-state index in [2.05, 4.69) is 4.74 Å². The second-order valence-corrected chi connectivity index (χ2v) is 3.43. The van der Waals surface area contributed by atoms with Gasteiger partial charge in [0.25, 0.3) is 5.78 Å². The van der Waals surface area contributed by atoms with Crippen molar-refractivity contribution in [1.29, 1.82) is 0 Å². The third-order valence-electron chi connectivity index (χ3n) is 1.68. The first-order valence-electron chi connectivity index (χ1n) is 4.17. The van der Waals surface area contributed by atoms with Crippen LogP contribution in [-0.4, -0.2) is 18.3 Å². The molecule has 2 nitrogen and oxygen atoms in total. The van der Waals surface area contributed by atoms with Gasteiger partial charge in [-0.25, -0.2) is 0 Å². The van der Waals surface area contributed by atoms with Crippen molar-refractivity contribution in [3.63, 3.8) is 0 Å². The van der Waals surface area contributed by atoms with E-state index in [9.17, 15) is 31.1 Å². The molecule has 0 saturated heterocycles. The summed E-state index contributed by atoms with van der Waals surface area (Å²) in [6.45, 7) is 0. The van der Waals surface area contributed by atoms with E-state index in [1.807, 2.05) is 0 Å². The van der Waals surface area contributed by atoms with E-state index < -0.39 is 34.7 Å². The number of halogens is 7. The second kappa shape index (κ2) is 4.68. The molecule has 1 aromatic rings. The first kappa shape index (κ1) is 14.6. The highest BCUT2D eigenvalue weighted by Crippen LogP contribution is 2.32. The molecule has 0 saturated carbocycles. The normalized spacial score (nSPS) is 12.4. The summed E-state index contributed by atoms with van der Waals surface area (Å²) in [6.07, 6.45) is -10.2. The molecule has 0 heterocycles. The summed E-state index contributed by atoms with van der Waals surface area (Å²) < 4.78 is 75.1. The lowest BCUT2D eigenvalue weighted by Gasteiger charge is -2.11.